The number of hydrogen-bond acceptors (Lipinski definition) is 3. The molecule has 0 amide bonds. The first-order chi connectivity index (χ1) is 9.28. The Kier molecular flexibility index (Phi) is 4.14. The minimum absolute atomic E-state index is 0.152. The van der Waals surface area contributed by atoms with Gasteiger partial charge in [-0.05, 0) is 36.8 Å². The summed E-state index contributed by atoms with van der Waals surface area (Å²) >= 11 is 0. The van der Waals surface area contributed by atoms with Crippen LogP contribution in [0, 0.1) is 18.4 Å². The van der Waals surface area contributed by atoms with E-state index in [0.717, 1.165) is 11.3 Å². The lowest BCUT2D eigenvalue weighted by Crippen LogP contribution is -2.23. The van der Waals surface area contributed by atoms with Crippen molar-refractivity contribution in [2.24, 2.45) is 4.99 Å². The maximum absolute atomic E-state index is 8.73. The van der Waals surface area contributed by atoms with E-state index in [0.29, 0.717) is 5.75 Å². The molecular weight excluding hydrogens is 238 g/mol. The lowest BCUT2D eigenvalue weighted by Gasteiger charge is -2.06. The molecular formula is C15H13N3O. The highest BCUT2D eigenvalue weighted by Gasteiger charge is 2.02. The van der Waals surface area contributed by atoms with Crippen LogP contribution in [0.15, 0.2) is 59.6 Å². The molecule has 1 N–H and O–H groups in total. The molecule has 4 heteroatoms. The quantitative estimate of drug-likeness (QED) is 0.386. The van der Waals surface area contributed by atoms with Crippen LogP contribution in [0.2, 0.25) is 0 Å². The molecule has 0 heterocycles. The van der Waals surface area contributed by atoms with Crippen LogP contribution in [-0.2, 0) is 0 Å². The van der Waals surface area contributed by atoms with Crippen LogP contribution in [-0.4, -0.2) is 6.02 Å². The summed E-state index contributed by atoms with van der Waals surface area (Å²) in [7, 11) is 0. The number of rotatable bonds is 2. The van der Waals surface area contributed by atoms with Crippen LogP contribution in [0.3, 0.4) is 0 Å². The molecule has 0 spiro atoms. The molecule has 2 aromatic carbocycles. The third-order valence-corrected chi connectivity index (χ3v) is 2.35. The summed E-state index contributed by atoms with van der Waals surface area (Å²) in [6.07, 6.45) is 1.82. The van der Waals surface area contributed by atoms with Crippen molar-refractivity contribution >= 4 is 11.7 Å². The molecule has 0 aromatic heterocycles. The molecule has 0 radical (unpaired) electrons. The van der Waals surface area contributed by atoms with Gasteiger partial charge in [-0.3, -0.25) is 0 Å². The minimum atomic E-state index is 0.152. The van der Waals surface area contributed by atoms with E-state index in [1.807, 2.05) is 55.6 Å². The lowest BCUT2D eigenvalue weighted by atomic mass is 10.2. The molecule has 4 nitrogen and oxygen atoms in total. The molecule has 94 valence electrons. The van der Waals surface area contributed by atoms with Crippen molar-refractivity contribution in [2.75, 3.05) is 0 Å². The highest BCUT2D eigenvalue weighted by atomic mass is 16.5. The van der Waals surface area contributed by atoms with Crippen LogP contribution in [0.1, 0.15) is 5.56 Å². The van der Waals surface area contributed by atoms with Gasteiger partial charge < -0.3 is 4.74 Å². The number of nitrogens with one attached hydrogen (secondary N) is 1. The van der Waals surface area contributed by atoms with E-state index < -0.39 is 0 Å². The number of nitriles is 1. The fourth-order valence-corrected chi connectivity index (χ4v) is 1.54. The first-order valence-corrected chi connectivity index (χ1v) is 5.81. The number of aryl methyl sites for hydroxylation is 1. The van der Waals surface area contributed by atoms with Gasteiger partial charge in [0.1, 0.15) is 5.75 Å². The normalized spacial score (nSPS) is 10.6. The van der Waals surface area contributed by atoms with Gasteiger partial charge in [-0.15, -0.1) is 0 Å². The fourth-order valence-electron chi connectivity index (χ4n) is 1.54. The summed E-state index contributed by atoms with van der Waals surface area (Å²) < 4.78 is 5.52. The lowest BCUT2D eigenvalue weighted by molar-refractivity contribution is 0.531. The first-order valence-electron chi connectivity index (χ1n) is 5.81. The van der Waals surface area contributed by atoms with Gasteiger partial charge in [-0.2, -0.15) is 10.3 Å². The van der Waals surface area contributed by atoms with Gasteiger partial charge in [0.05, 0.1) is 5.69 Å². The molecule has 0 aliphatic carbocycles. The van der Waals surface area contributed by atoms with E-state index >= 15 is 0 Å². The molecule has 0 aliphatic rings. The fraction of sp³-hybridized carbons (Fsp3) is 0.0667. The molecule has 19 heavy (non-hydrogen) atoms. The summed E-state index contributed by atoms with van der Waals surface area (Å²) in [5.74, 6) is 0.622. The SMILES string of the molecule is Cc1cccc(N=C(NC#N)Oc2ccccc2)c1. The van der Waals surface area contributed by atoms with Crippen molar-refractivity contribution in [2.45, 2.75) is 6.92 Å². The summed E-state index contributed by atoms with van der Waals surface area (Å²) in [6.45, 7) is 1.98. The molecule has 0 saturated carbocycles. The number of para-hydroxylation sites is 1. The van der Waals surface area contributed by atoms with Gasteiger partial charge >= 0.3 is 6.02 Å². The van der Waals surface area contributed by atoms with Crippen molar-refractivity contribution in [3.05, 3.63) is 60.2 Å². The molecule has 0 bridgehead atoms. The second-order valence-electron chi connectivity index (χ2n) is 3.91. The van der Waals surface area contributed by atoms with Crippen molar-refractivity contribution in [3.63, 3.8) is 0 Å². The van der Waals surface area contributed by atoms with Crippen LogP contribution in [0.25, 0.3) is 0 Å². The van der Waals surface area contributed by atoms with Crippen molar-refractivity contribution in [1.82, 2.24) is 5.32 Å². The van der Waals surface area contributed by atoms with Gasteiger partial charge in [0.25, 0.3) is 0 Å². The second-order valence-corrected chi connectivity index (χ2v) is 3.91. The minimum Gasteiger partial charge on any atom is -0.425 e. The molecule has 2 rings (SSSR count). The monoisotopic (exact) mass is 251 g/mol. The van der Waals surface area contributed by atoms with E-state index in [2.05, 4.69) is 10.3 Å². The zero-order valence-corrected chi connectivity index (χ0v) is 10.5. The highest BCUT2D eigenvalue weighted by Crippen LogP contribution is 2.15. The number of nitrogens with zero attached hydrogens (tertiary/aromatic N) is 2. The van der Waals surface area contributed by atoms with Gasteiger partial charge in [0.2, 0.25) is 0 Å². The van der Waals surface area contributed by atoms with E-state index in [9.17, 15) is 0 Å². The van der Waals surface area contributed by atoms with Crippen molar-refractivity contribution in [3.8, 4) is 11.9 Å². The average Bonchev–Trinajstić information content (AvgIpc) is 2.40. The van der Waals surface area contributed by atoms with Crippen molar-refractivity contribution < 1.29 is 4.74 Å². The van der Waals surface area contributed by atoms with Crippen molar-refractivity contribution in [1.29, 1.82) is 5.26 Å². The van der Waals surface area contributed by atoms with Crippen LogP contribution >= 0.6 is 0 Å². The standard InChI is InChI=1S/C15H13N3O/c1-12-6-5-7-13(10-12)18-15(17-11-16)19-14-8-3-2-4-9-14/h2-10H,1H3,(H,17,18). The van der Waals surface area contributed by atoms with Gasteiger partial charge in [-0.25, -0.2) is 5.32 Å². The Labute approximate surface area is 112 Å². The predicted molar refractivity (Wildman–Crippen MR) is 74.1 cm³/mol. The van der Waals surface area contributed by atoms with Gasteiger partial charge in [-0.1, -0.05) is 30.3 Å². The number of benzene rings is 2. The molecule has 0 aliphatic heterocycles. The number of ether oxygens (including phenoxy) is 1. The summed E-state index contributed by atoms with van der Waals surface area (Å²) in [4.78, 5) is 4.27. The topological polar surface area (TPSA) is 57.4 Å². The van der Waals surface area contributed by atoms with E-state index in [1.165, 1.54) is 0 Å². The molecule has 0 fully saturated rings. The zero-order valence-electron chi connectivity index (χ0n) is 10.5. The van der Waals surface area contributed by atoms with Crippen LogP contribution in [0.5, 0.6) is 5.75 Å². The number of aliphatic imine (C=N–C) groups is 1. The summed E-state index contributed by atoms with van der Waals surface area (Å²) in [5.41, 5.74) is 1.82. The highest BCUT2D eigenvalue weighted by molar-refractivity contribution is 5.80. The smallest absolute Gasteiger partial charge is 0.309 e. The van der Waals surface area contributed by atoms with Crippen LogP contribution in [0.4, 0.5) is 5.69 Å². The molecule has 0 atom stereocenters. The Morgan fingerprint density at radius 2 is 1.95 bits per heavy atom. The number of amidine groups is 1. The van der Waals surface area contributed by atoms with E-state index in [4.69, 9.17) is 10.00 Å². The summed E-state index contributed by atoms with van der Waals surface area (Å²) in [6, 6.07) is 17.0. The van der Waals surface area contributed by atoms with Crippen LogP contribution < -0.4 is 10.1 Å². The van der Waals surface area contributed by atoms with E-state index in [-0.39, 0.29) is 6.02 Å². The zero-order chi connectivity index (χ0) is 13.5. The summed E-state index contributed by atoms with van der Waals surface area (Å²) in [5, 5.41) is 11.2. The maximum Gasteiger partial charge on any atom is 0.309 e. The Balaban J connectivity index is 2.23. The largest absolute Gasteiger partial charge is 0.425 e. The van der Waals surface area contributed by atoms with Gasteiger partial charge in [0.15, 0.2) is 6.19 Å². The predicted octanol–water partition coefficient (Wildman–Crippen LogP) is 3.13. The van der Waals surface area contributed by atoms with Gasteiger partial charge in [0, 0.05) is 0 Å². The number of hydrogen-bond donors (Lipinski definition) is 1. The first kappa shape index (κ1) is 12.7. The molecule has 2 aromatic rings. The third kappa shape index (κ3) is 3.86. The Bertz CT molecular complexity index is 615. The Hall–Kier alpha value is -2.80. The Morgan fingerprint density at radius 3 is 2.63 bits per heavy atom. The Morgan fingerprint density at radius 1 is 1.16 bits per heavy atom. The molecule has 0 unspecified atom stereocenters. The maximum atomic E-state index is 8.73. The molecule has 0 saturated heterocycles. The average molecular weight is 251 g/mol. The van der Waals surface area contributed by atoms with E-state index in [1.54, 1.807) is 12.1 Å². The second kappa shape index (κ2) is 6.22. The third-order valence-electron chi connectivity index (χ3n) is 2.35.